The lowest BCUT2D eigenvalue weighted by atomic mass is 10.00. The molecule has 130 valence electrons. The number of rotatable bonds is 6. The molecular formula is C17H23N3O4. The number of imide groups is 1. The normalized spacial score (nSPS) is 20.3. The number of carbonyl (C=O) groups excluding carboxylic acids is 3. The molecule has 1 aromatic rings. The van der Waals surface area contributed by atoms with Crippen LogP contribution < -0.4 is 15.5 Å². The number of benzene rings is 1. The average molecular weight is 333 g/mol. The van der Waals surface area contributed by atoms with Gasteiger partial charge >= 0.3 is 6.03 Å². The predicted molar refractivity (Wildman–Crippen MR) is 88.1 cm³/mol. The Labute approximate surface area is 141 Å². The largest absolute Gasteiger partial charge is 0.491 e. The molecule has 7 heteroatoms. The molecule has 2 rings (SSSR count). The van der Waals surface area contributed by atoms with Crippen LogP contribution in [0.3, 0.4) is 0 Å². The van der Waals surface area contributed by atoms with Gasteiger partial charge in [-0.25, -0.2) is 4.79 Å². The van der Waals surface area contributed by atoms with Crippen molar-refractivity contribution in [2.45, 2.75) is 52.2 Å². The molecule has 1 aromatic carbocycles. The van der Waals surface area contributed by atoms with Crippen molar-refractivity contribution in [1.29, 1.82) is 0 Å². The molecule has 1 aliphatic heterocycles. The van der Waals surface area contributed by atoms with Crippen LogP contribution in [0.1, 0.15) is 39.7 Å². The molecule has 24 heavy (non-hydrogen) atoms. The molecule has 1 atom stereocenters. The van der Waals surface area contributed by atoms with Gasteiger partial charge in [-0.1, -0.05) is 19.1 Å². The Hall–Kier alpha value is -2.57. The van der Waals surface area contributed by atoms with Crippen molar-refractivity contribution in [3.8, 4) is 5.75 Å². The van der Waals surface area contributed by atoms with Crippen molar-refractivity contribution >= 4 is 17.8 Å². The number of hydrogen-bond acceptors (Lipinski definition) is 4. The Morgan fingerprint density at radius 1 is 1.38 bits per heavy atom. The summed E-state index contributed by atoms with van der Waals surface area (Å²) in [5.41, 5.74) is 2.12. The molecule has 0 spiro atoms. The minimum Gasteiger partial charge on any atom is -0.491 e. The lowest BCUT2D eigenvalue weighted by Gasteiger charge is -2.19. The van der Waals surface area contributed by atoms with Gasteiger partial charge in [0, 0.05) is 0 Å². The van der Waals surface area contributed by atoms with E-state index in [1.54, 1.807) is 32.0 Å². The number of hydrazine groups is 1. The van der Waals surface area contributed by atoms with Gasteiger partial charge in [-0.05, 0) is 44.9 Å². The van der Waals surface area contributed by atoms with Gasteiger partial charge in [-0.3, -0.25) is 15.0 Å². The predicted octanol–water partition coefficient (Wildman–Crippen LogP) is 1.77. The first-order chi connectivity index (χ1) is 11.2. The van der Waals surface area contributed by atoms with Gasteiger partial charge in [0.25, 0.3) is 5.91 Å². The van der Waals surface area contributed by atoms with E-state index in [9.17, 15) is 14.4 Å². The summed E-state index contributed by atoms with van der Waals surface area (Å²) in [4.78, 5) is 36.3. The molecule has 0 aliphatic carbocycles. The maximum Gasteiger partial charge on any atom is 0.344 e. The number of amides is 4. The summed E-state index contributed by atoms with van der Waals surface area (Å²) in [5, 5.41) is 3.33. The Balaban J connectivity index is 2.01. The molecule has 2 N–H and O–H groups in total. The van der Waals surface area contributed by atoms with E-state index in [4.69, 9.17) is 4.74 Å². The Morgan fingerprint density at radius 3 is 2.67 bits per heavy atom. The Kier molecular flexibility index (Phi) is 5.11. The van der Waals surface area contributed by atoms with E-state index in [0.29, 0.717) is 12.2 Å². The number of nitrogens with zero attached hydrogens (tertiary/aromatic N) is 1. The summed E-state index contributed by atoms with van der Waals surface area (Å²) in [6.45, 7) is 7.26. The van der Waals surface area contributed by atoms with Crippen LogP contribution in [0.15, 0.2) is 24.3 Å². The first-order valence-electron chi connectivity index (χ1n) is 7.97. The molecule has 1 fully saturated rings. The summed E-state index contributed by atoms with van der Waals surface area (Å²) >= 11 is 0. The van der Waals surface area contributed by atoms with Crippen molar-refractivity contribution in [3.05, 3.63) is 29.8 Å². The Bertz CT molecular complexity index is 659. The number of ether oxygens (including phenoxy) is 1. The second-order valence-corrected chi connectivity index (χ2v) is 6.28. The van der Waals surface area contributed by atoms with Gasteiger partial charge in [0.05, 0.1) is 12.5 Å². The second kappa shape index (κ2) is 6.90. The molecular weight excluding hydrogens is 310 g/mol. The molecule has 1 unspecified atom stereocenters. The lowest BCUT2D eigenvalue weighted by molar-refractivity contribution is -0.138. The third-order valence-electron chi connectivity index (χ3n) is 3.84. The van der Waals surface area contributed by atoms with E-state index >= 15 is 0 Å². The van der Waals surface area contributed by atoms with Crippen LogP contribution in [0.25, 0.3) is 0 Å². The SMILES string of the molecule is CCC1(C)NC(=O)N(NC(=O)Cc2cccc(OC(C)C)c2)C1=O. The molecule has 0 aromatic heterocycles. The topological polar surface area (TPSA) is 87.7 Å². The summed E-state index contributed by atoms with van der Waals surface area (Å²) in [6, 6.07) is 6.54. The van der Waals surface area contributed by atoms with Gasteiger partial charge in [0.1, 0.15) is 11.3 Å². The number of nitrogens with one attached hydrogen (secondary N) is 2. The summed E-state index contributed by atoms with van der Waals surface area (Å²) in [6.07, 6.45) is 0.514. The van der Waals surface area contributed by atoms with Crippen LogP contribution in [-0.2, 0) is 16.0 Å². The van der Waals surface area contributed by atoms with Gasteiger partial charge in [-0.2, -0.15) is 5.01 Å². The van der Waals surface area contributed by atoms with Crippen molar-refractivity contribution in [3.63, 3.8) is 0 Å². The zero-order chi connectivity index (χ0) is 17.9. The van der Waals surface area contributed by atoms with E-state index in [0.717, 1.165) is 10.6 Å². The molecule has 0 saturated carbocycles. The molecule has 1 heterocycles. The van der Waals surface area contributed by atoms with Crippen molar-refractivity contribution in [2.75, 3.05) is 0 Å². The highest BCUT2D eigenvalue weighted by molar-refractivity contribution is 6.07. The third kappa shape index (κ3) is 3.84. The van der Waals surface area contributed by atoms with Crippen LogP contribution in [0.4, 0.5) is 4.79 Å². The maximum absolute atomic E-state index is 12.2. The van der Waals surface area contributed by atoms with Crippen molar-refractivity contribution in [1.82, 2.24) is 15.8 Å². The number of carbonyl (C=O) groups is 3. The smallest absolute Gasteiger partial charge is 0.344 e. The average Bonchev–Trinajstić information content (AvgIpc) is 2.71. The molecule has 7 nitrogen and oxygen atoms in total. The highest BCUT2D eigenvalue weighted by atomic mass is 16.5. The summed E-state index contributed by atoms with van der Waals surface area (Å²) in [7, 11) is 0. The fourth-order valence-corrected chi connectivity index (χ4v) is 2.38. The van der Waals surface area contributed by atoms with Gasteiger partial charge < -0.3 is 10.1 Å². The minimum atomic E-state index is -0.977. The molecule has 1 aliphatic rings. The fraction of sp³-hybridized carbons (Fsp3) is 0.471. The second-order valence-electron chi connectivity index (χ2n) is 6.28. The van der Waals surface area contributed by atoms with Crippen molar-refractivity contribution in [2.24, 2.45) is 0 Å². The highest BCUT2D eigenvalue weighted by Crippen LogP contribution is 2.19. The van der Waals surface area contributed by atoms with Gasteiger partial charge in [0.2, 0.25) is 5.91 Å². The number of hydrogen-bond donors (Lipinski definition) is 2. The van der Waals surface area contributed by atoms with E-state index < -0.39 is 23.4 Å². The van der Waals surface area contributed by atoms with Gasteiger partial charge in [-0.15, -0.1) is 0 Å². The van der Waals surface area contributed by atoms with E-state index in [1.807, 2.05) is 19.9 Å². The minimum absolute atomic E-state index is 0.0340. The number of urea groups is 1. The fourth-order valence-electron chi connectivity index (χ4n) is 2.38. The monoisotopic (exact) mass is 333 g/mol. The van der Waals surface area contributed by atoms with E-state index in [1.165, 1.54) is 0 Å². The summed E-state index contributed by atoms with van der Waals surface area (Å²) < 4.78 is 5.59. The highest BCUT2D eigenvalue weighted by Gasteiger charge is 2.47. The first kappa shape index (κ1) is 17.8. The zero-order valence-corrected chi connectivity index (χ0v) is 14.4. The first-order valence-corrected chi connectivity index (χ1v) is 7.97. The summed E-state index contributed by atoms with van der Waals surface area (Å²) in [5.74, 6) is -0.232. The van der Waals surface area contributed by atoms with E-state index in [2.05, 4.69) is 10.7 Å². The quantitative estimate of drug-likeness (QED) is 0.777. The van der Waals surface area contributed by atoms with Gasteiger partial charge in [0.15, 0.2) is 0 Å². The standard InChI is InChI=1S/C17H23N3O4/c1-5-17(4)15(22)20(16(23)18-17)19-14(21)10-12-7-6-8-13(9-12)24-11(2)3/h6-9,11H,5,10H2,1-4H3,(H,18,23)(H,19,21). The molecule has 4 amide bonds. The van der Waals surface area contributed by atoms with Crippen LogP contribution in [0.5, 0.6) is 5.75 Å². The zero-order valence-electron chi connectivity index (χ0n) is 14.4. The van der Waals surface area contributed by atoms with E-state index in [-0.39, 0.29) is 12.5 Å². The third-order valence-corrected chi connectivity index (χ3v) is 3.84. The van der Waals surface area contributed by atoms with Crippen LogP contribution in [0.2, 0.25) is 0 Å². The molecule has 1 saturated heterocycles. The van der Waals surface area contributed by atoms with Crippen molar-refractivity contribution < 1.29 is 19.1 Å². The molecule has 0 bridgehead atoms. The van der Waals surface area contributed by atoms with Crippen LogP contribution >= 0.6 is 0 Å². The van der Waals surface area contributed by atoms with Crippen LogP contribution in [-0.4, -0.2) is 34.5 Å². The lowest BCUT2D eigenvalue weighted by Crippen LogP contribution is -2.49. The Morgan fingerprint density at radius 2 is 2.08 bits per heavy atom. The maximum atomic E-state index is 12.2. The molecule has 0 radical (unpaired) electrons. The van der Waals surface area contributed by atoms with Crippen LogP contribution in [0, 0.1) is 0 Å².